The number of imide groups is 1. The molecular weight excluding hydrogens is 218 g/mol. The van der Waals surface area contributed by atoms with Gasteiger partial charge in [0.15, 0.2) is 0 Å². The van der Waals surface area contributed by atoms with Gasteiger partial charge in [-0.3, -0.25) is 14.5 Å². The molecule has 0 spiro atoms. The Morgan fingerprint density at radius 1 is 1.06 bits per heavy atom. The molecule has 0 bridgehead atoms. The lowest BCUT2D eigenvalue weighted by Gasteiger charge is -2.14. The number of likely N-dealkylation sites (tertiary alicyclic amines) is 1. The molecule has 0 aromatic carbocycles. The van der Waals surface area contributed by atoms with Crippen molar-refractivity contribution in [1.29, 1.82) is 0 Å². The minimum Gasteiger partial charge on any atom is -0.396 e. The quantitative estimate of drug-likeness (QED) is 0.442. The third-order valence-corrected chi connectivity index (χ3v) is 3.64. The number of carbonyl (C=O) groups is 2. The van der Waals surface area contributed by atoms with Crippen LogP contribution in [0.4, 0.5) is 0 Å². The fourth-order valence-corrected chi connectivity index (χ4v) is 2.65. The van der Waals surface area contributed by atoms with Gasteiger partial charge in [0.1, 0.15) is 0 Å². The van der Waals surface area contributed by atoms with E-state index in [1.807, 2.05) is 12.2 Å². The first-order valence-corrected chi connectivity index (χ1v) is 6.36. The van der Waals surface area contributed by atoms with Crippen LogP contribution in [0.2, 0.25) is 0 Å². The molecule has 1 saturated heterocycles. The summed E-state index contributed by atoms with van der Waals surface area (Å²) >= 11 is 0. The van der Waals surface area contributed by atoms with Crippen LogP contribution in [0, 0.1) is 11.8 Å². The zero-order valence-electron chi connectivity index (χ0n) is 9.97. The number of hydrogen-bond acceptors (Lipinski definition) is 3. The Morgan fingerprint density at radius 3 is 2.18 bits per heavy atom. The largest absolute Gasteiger partial charge is 0.396 e. The molecule has 0 aromatic heterocycles. The van der Waals surface area contributed by atoms with Crippen LogP contribution < -0.4 is 0 Å². The average molecular weight is 237 g/mol. The van der Waals surface area contributed by atoms with Gasteiger partial charge in [0.2, 0.25) is 11.8 Å². The van der Waals surface area contributed by atoms with Crippen LogP contribution in [0.1, 0.15) is 32.1 Å². The lowest BCUT2D eigenvalue weighted by Crippen LogP contribution is -2.32. The number of aliphatic hydroxyl groups excluding tert-OH is 1. The number of carbonyl (C=O) groups excluding carboxylic acids is 2. The van der Waals surface area contributed by atoms with Crippen molar-refractivity contribution in [2.75, 3.05) is 13.2 Å². The molecule has 94 valence electrons. The van der Waals surface area contributed by atoms with Crippen LogP contribution in [0.5, 0.6) is 0 Å². The molecule has 0 unspecified atom stereocenters. The first-order chi connectivity index (χ1) is 8.25. The maximum absolute atomic E-state index is 12.0. The fourth-order valence-electron chi connectivity index (χ4n) is 2.65. The van der Waals surface area contributed by atoms with Gasteiger partial charge in [-0.2, -0.15) is 0 Å². The van der Waals surface area contributed by atoms with Gasteiger partial charge >= 0.3 is 0 Å². The van der Waals surface area contributed by atoms with Crippen molar-refractivity contribution < 1.29 is 14.7 Å². The zero-order chi connectivity index (χ0) is 12.3. The van der Waals surface area contributed by atoms with E-state index in [4.69, 9.17) is 5.11 Å². The molecule has 0 radical (unpaired) electrons. The Morgan fingerprint density at radius 2 is 1.65 bits per heavy atom. The number of rotatable bonds is 5. The van der Waals surface area contributed by atoms with Crippen molar-refractivity contribution >= 4 is 11.8 Å². The molecule has 1 aliphatic heterocycles. The second-order valence-corrected chi connectivity index (χ2v) is 4.77. The number of aliphatic hydroxyl groups is 1. The average Bonchev–Trinajstić information content (AvgIpc) is 2.60. The molecule has 2 aliphatic rings. The van der Waals surface area contributed by atoms with Gasteiger partial charge in [-0.1, -0.05) is 12.2 Å². The SMILES string of the molecule is O=C1[C@H]2CC=CC[C@H]2C(=O)N1CCCCCO. The minimum atomic E-state index is -0.106. The van der Waals surface area contributed by atoms with E-state index in [-0.39, 0.29) is 30.3 Å². The van der Waals surface area contributed by atoms with Gasteiger partial charge in [-0.15, -0.1) is 0 Å². The predicted octanol–water partition coefficient (Wildman–Crippen LogP) is 1.10. The highest BCUT2D eigenvalue weighted by Crippen LogP contribution is 2.35. The molecular formula is C13H19NO3. The van der Waals surface area contributed by atoms with E-state index in [1.54, 1.807) is 0 Å². The standard InChI is InChI=1S/C13H19NO3/c15-9-5-1-4-8-14-12(16)10-6-2-3-7-11(10)13(14)17/h2-3,10-11,15H,1,4-9H2/t10-,11+. The molecule has 0 saturated carbocycles. The van der Waals surface area contributed by atoms with E-state index in [1.165, 1.54) is 4.90 Å². The third kappa shape index (κ3) is 2.41. The van der Waals surface area contributed by atoms with Crippen LogP contribution in [-0.4, -0.2) is 35.0 Å². The van der Waals surface area contributed by atoms with Crippen LogP contribution in [0.15, 0.2) is 12.2 Å². The fraction of sp³-hybridized carbons (Fsp3) is 0.692. The summed E-state index contributed by atoms with van der Waals surface area (Å²) in [5, 5.41) is 8.67. The number of fused-ring (bicyclic) bond motifs is 1. The third-order valence-electron chi connectivity index (χ3n) is 3.64. The number of nitrogens with zero attached hydrogens (tertiary/aromatic N) is 1. The van der Waals surface area contributed by atoms with E-state index in [2.05, 4.69) is 0 Å². The van der Waals surface area contributed by atoms with Gasteiger partial charge in [0.05, 0.1) is 11.8 Å². The first-order valence-electron chi connectivity index (χ1n) is 6.36. The van der Waals surface area contributed by atoms with Gasteiger partial charge in [-0.05, 0) is 32.1 Å². The van der Waals surface area contributed by atoms with E-state index in [0.29, 0.717) is 19.4 Å². The van der Waals surface area contributed by atoms with Crippen molar-refractivity contribution in [2.24, 2.45) is 11.8 Å². The molecule has 1 heterocycles. The molecule has 17 heavy (non-hydrogen) atoms. The van der Waals surface area contributed by atoms with Crippen LogP contribution in [0.25, 0.3) is 0 Å². The molecule has 1 N–H and O–H groups in total. The maximum atomic E-state index is 12.0. The summed E-state index contributed by atoms with van der Waals surface area (Å²) in [5.41, 5.74) is 0. The summed E-state index contributed by atoms with van der Waals surface area (Å²) in [4.78, 5) is 25.5. The van der Waals surface area contributed by atoms with Crippen molar-refractivity contribution in [3.8, 4) is 0 Å². The Labute approximate surface area is 101 Å². The van der Waals surface area contributed by atoms with Crippen LogP contribution in [-0.2, 0) is 9.59 Å². The molecule has 1 fully saturated rings. The van der Waals surface area contributed by atoms with Gasteiger partial charge in [0, 0.05) is 13.2 Å². The topological polar surface area (TPSA) is 57.6 Å². The van der Waals surface area contributed by atoms with Gasteiger partial charge in [-0.25, -0.2) is 0 Å². The van der Waals surface area contributed by atoms with E-state index >= 15 is 0 Å². The minimum absolute atomic E-state index is 0.00773. The van der Waals surface area contributed by atoms with E-state index in [0.717, 1.165) is 19.3 Å². The van der Waals surface area contributed by atoms with Gasteiger partial charge in [0.25, 0.3) is 0 Å². The Balaban J connectivity index is 1.91. The Bertz CT molecular complexity index is 312. The monoisotopic (exact) mass is 237 g/mol. The van der Waals surface area contributed by atoms with Crippen LogP contribution in [0.3, 0.4) is 0 Å². The molecule has 0 aromatic rings. The summed E-state index contributed by atoms with van der Waals surface area (Å²) in [7, 11) is 0. The first kappa shape index (κ1) is 12.3. The summed E-state index contributed by atoms with van der Waals surface area (Å²) in [6.07, 6.45) is 7.82. The Hall–Kier alpha value is -1.16. The van der Waals surface area contributed by atoms with Crippen molar-refractivity contribution in [2.45, 2.75) is 32.1 Å². The summed E-state index contributed by atoms with van der Waals surface area (Å²) < 4.78 is 0. The number of amides is 2. The number of unbranched alkanes of at least 4 members (excludes halogenated alkanes) is 2. The van der Waals surface area contributed by atoms with Crippen molar-refractivity contribution in [3.63, 3.8) is 0 Å². The summed E-state index contributed by atoms with van der Waals surface area (Å²) in [6.45, 7) is 0.696. The summed E-state index contributed by atoms with van der Waals surface area (Å²) in [6, 6.07) is 0. The highest BCUT2D eigenvalue weighted by atomic mass is 16.3. The molecule has 4 nitrogen and oxygen atoms in total. The molecule has 2 rings (SSSR count). The Kier molecular flexibility index (Phi) is 3.94. The maximum Gasteiger partial charge on any atom is 0.233 e. The highest BCUT2D eigenvalue weighted by Gasteiger charge is 2.46. The zero-order valence-corrected chi connectivity index (χ0v) is 9.97. The normalized spacial score (nSPS) is 27.7. The summed E-state index contributed by atoms with van der Waals surface area (Å²) in [5.74, 6) is -0.197. The number of allylic oxidation sites excluding steroid dienone is 2. The second-order valence-electron chi connectivity index (χ2n) is 4.77. The number of hydrogen-bond donors (Lipinski definition) is 1. The second kappa shape index (κ2) is 5.45. The van der Waals surface area contributed by atoms with Crippen molar-refractivity contribution in [3.05, 3.63) is 12.2 Å². The van der Waals surface area contributed by atoms with E-state index < -0.39 is 0 Å². The van der Waals surface area contributed by atoms with Gasteiger partial charge < -0.3 is 5.11 Å². The van der Waals surface area contributed by atoms with Crippen LogP contribution >= 0.6 is 0 Å². The van der Waals surface area contributed by atoms with E-state index in [9.17, 15) is 9.59 Å². The smallest absolute Gasteiger partial charge is 0.233 e. The molecule has 4 heteroatoms. The molecule has 2 amide bonds. The molecule has 1 aliphatic carbocycles. The molecule has 2 atom stereocenters. The lowest BCUT2D eigenvalue weighted by atomic mass is 9.85. The lowest BCUT2D eigenvalue weighted by molar-refractivity contribution is -0.139. The predicted molar refractivity (Wildman–Crippen MR) is 63.0 cm³/mol. The highest BCUT2D eigenvalue weighted by molar-refractivity contribution is 6.05. The van der Waals surface area contributed by atoms with Crippen molar-refractivity contribution in [1.82, 2.24) is 4.90 Å².